The lowest BCUT2D eigenvalue weighted by Gasteiger charge is -2.25. The fourth-order valence-corrected chi connectivity index (χ4v) is 4.57. The zero-order chi connectivity index (χ0) is 22.5. The van der Waals surface area contributed by atoms with Crippen molar-refractivity contribution in [3.8, 4) is 0 Å². The number of benzene rings is 2. The minimum atomic E-state index is -0.163. The molecule has 1 N–H and O–H groups in total. The zero-order valence-electron chi connectivity index (χ0n) is 18.8. The summed E-state index contributed by atoms with van der Waals surface area (Å²) < 4.78 is 0. The molecule has 1 heterocycles. The van der Waals surface area contributed by atoms with Crippen LogP contribution >= 0.6 is 0 Å². The third-order valence-electron chi connectivity index (χ3n) is 6.33. The Bertz CT molecular complexity index is 1050. The first-order valence-electron chi connectivity index (χ1n) is 11.5. The van der Waals surface area contributed by atoms with Gasteiger partial charge < -0.3 is 10.2 Å². The van der Waals surface area contributed by atoms with Crippen LogP contribution in [0.2, 0.25) is 0 Å². The van der Waals surface area contributed by atoms with E-state index in [9.17, 15) is 9.59 Å². The van der Waals surface area contributed by atoms with Gasteiger partial charge in [-0.05, 0) is 87.1 Å². The van der Waals surface area contributed by atoms with E-state index in [4.69, 9.17) is 0 Å². The van der Waals surface area contributed by atoms with Gasteiger partial charge in [-0.1, -0.05) is 12.1 Å². The van der Waals surface area contributed by atoms with Crippen molar-refractivity contribution in [3.63, 3.8) is 0 Å². The van der Waals surface area contributed by atoms with Crippen molar-refractivity contribution in [3.05, 3.63) is 70.8 Å². The van der Waals surface area contributed by atoms with Crippen molar-refractivity contribution in [2.75, 3.05) is 23.3 Å². The lowest BCUT2D eigenvalue weighted by molar-refractivity contribution is -0.115. The molecule has 6 nitrogen and oxygen atoms in total. The van der Waals surface area contributed by atoms with Gasteiger partial charge in [-0.3, -0.25) is 9.59 Å². The van der Waals surface area contributed by atoms with Gasteiger partial charge in [-0.25, -0.2) is 0 Å². The maximum Gasteiger partial charge on any atom is 0.291 e. The highest BCUT2D eigenvalue weighted by Crippen LogP contribution is 2.33. The Morgan fingerprint density at radius 1 is 1.06 bits per heavy atom. The number of nitrogens with one attached hydrogen (secondary N) is 1. The number of azo groups is 1. The summed E-state index contributed by atoms with van der Waals surface area (Å²) in [6.45, 7) is 6.11. The molecule has 2 aromatic carbocycles. The molecule has 166 valence electrons. The molecule has 0 aromatic heterocycles. The van der Waals surface area contributed by atoms with Gasteiger partial charge in [0.15, 0.2) is 0 Å². The van der Waals surface area contributed by atoms with Gasteiger partial charge in [0.1, 0.15) is 0 Å². The SMILES string of the molecule is CCN(CC)c1ccc(C(=O)Nc2cccc(CC3N=NC(=O)C4=C3CCCC4)c2)cc1. The molecule has 0 spiro atoms. The number of hydrogen-bond donors (Lipinski definition) is 1. The van der Waals surface area contributed by atoms with Gasteiger partial charge in [0, 0.05) is 42.0 Å². The van der Waals surface area contributed by atoms with Gasteiger partial charge in [-0.15, -0.1) is 5.11 Å². The van der Waals surface area contributed by atoms with E-state index in [0.29, 0.717) is 12.0 Å². The summed E-state index contributed by atoms with van der Waals surface area (Å²) in [6, 6.07) is 15.5. The van der Waals surface area contributed by atoms with E-state index in [1.54, 1.807) is 0 Å². The van der Waals surface area contributed by atoms with Crippen molar-refractivity contribution >= 4 is 23.2 Å². The Balaban J connectivity index is 1.44. The Hall–Kier alpha value is -3.28. The highest BCUT2D eigenvalue weighted by atomic mass is 16.2. The highest BCUT2D eigenvalue weighted by Gasteiger charge is 2.28. The third kappa shape index (κ3) is 4.79. The normalized spacial score (nSPS) is 17.8. The summed E-state index contributed by atoms with van der Waals surface area (Å²) >= 11 is 0. The van der Waals surface area contributed by atoms with E-state index < -0.39 is 0 Å². The molecule has 0 bridgehead atoms. The van der Waals surface area contributed by atoms with Crippen LogP contribution in [0.4, 0.5) is 11.4 Å². The number of carbonyl (C=O) groups is 2. The summed E-state index contributed by atoms with van der Waals surface area (Å²) in [4.78, 5) is 27.1. The van der Waals surface area contributed by atoms with Crippen molar-refractivity contribution in [2.24, 2.45) is 10.2 Å². The molecular formula is C26H30N4O2. The largest absolute Gasteiger partial charge is 0.372 e. The Labute approximate surface area is 189 Å². The minimum absolute atomic E-state index is 0.0819. The Morgan fingerprint density at radius 2 is 1.81 bits per heavy atom. The molecule has 2 amide bonds. The molecule has 32 heavy (non-hydrogen) atoms. The first kappa shape index (κ1) is 21.9. The molecular weight excluding hydrogens is 400 g/mol. The van der Waals surface area contributed by atoms with Crippen molar-refractivity contribution in [1.29, 1.82) is 0 Å². The first-order valence-corrected chi connectivity index (χ1v) is 11.5. The molecule has 2 aromatic rings. The lowest BCUT2D eigenvalue weighted by Crippen LogP contribution is -2.23. The molecule has 1 aliphatic heterocycles. The van der Waals surface area contributed by atoms with Crippen molar-refractivity contribution in [2.45, 2.75) is 52.0 Å². The quantitative estimate of drug-likeness (QED) is 0.625. The Kier molecular flexibility index (Phi) is 6.78. The summed E-state index contributed by atoms with van der Waals surface area (Å²) in [7, 11) is 0. The fraction of sp³-hybridized carbons (Fsp3) is 0.385. The molecule has 0 radical (unpaired) electrons. The summed E-state index contributed by atoms with van der Waals surface area (Å²) in [5.74, 6) is -0.294. The average molecular weight is 431 g/mol. The predicted molar refractivity (Wildman–Crippen MR) is 127 cm³/mol. The summed E-state index contributed by atoms with van der Waals surface area (Å²) in [5.41, 5.74) is 5.58. The molecule has 1 unspecified atom stereocenters. The number of rotatable bonds is 7. The van der Waals surface area contributed by atoms with Crippen molar-refractivity contribution in [1.82, 2.24) is 0 Å². The van der Waals surface area contributed by atoms with Gasteiger partial charge in [0.2, 0.25) is 0 Å². The summed E-state index contributed by atoms with van der Waals surface area (Å²) in [6.07, 6.45) is 4.56. The van der Waals surface area contributed by atoms with E-state index >= 15 is 0 Å². The molecule has 0 saturated heterocycles. The molecule has 0 saturated carbocycles. The van der Waals surface area contributed by atoms with Gasteiger partial charge in [-0.2, -0.15) is 5.11 Å². The number of hydrogen-bond acceptors (Lipinski definition) is 4. The maximum absolute atomic E-state index is 12.8. The van der Waals surface area contributed by atoms with E-state index in [2.05, 4.69) is 34.3 Å². The molecule has 1 atom stereocenters. The van der Waals surface area contributed by atoms with Crippen LogP contribution in [0, 0.1) is 0 Å². The number of anilines is 2. The van der Waals surface area contributed by atoms with Crippen LogP contribution < -0.4 is 10.2 Å². The second kappa shape index (κ2) is 9.90. The molecule has 2 aliphatic rings. The maximum atomic E-state index is 12.8. The van der Waals surface area contributed by atoms with E-state index in [1.807, 2.05) is 48.5 Å². The van der Waals surface area contributed by atoms with Crippen LogP contribution in [0.3, 0.4) is 0 Å². The molecule has 1 aliphatic carbocycles. The standard InChI is InChI=1S/C26H30N4O2/c1-3-30(4-2)21-14-12-19(13-15-21)25(31)27-20-9-7-8-18(16-20)17-24-22-10-5-6-11-23(22)26(32)29-28-24/h7-9,12-16,24H,3-6,10-11,17H2,1-2H3,(H,27,31). The molecule has 6 heteroatoms. The highest BCUT2D eigenvalue weighted by molar-refractivity contribution is 6.04. The molecule has 4 rings (SSSR count). The van der Waals surface area contributed by atoms with E-state index in [0.717, 1.165) is 66.9 Å². The van der Waals surface area contributed by atoms with Gasteiger partial charge >= 0.3 is 0 Å². The third-order valence-corrected chi connectivity index (χ3v) is 6.33. The lowest BCUT2D eigenvalue weighted by atomic mass is 9.84. The second-order valence-electron chi connectivity index (χ2n) is 8.33. The fourth-order valence-electron chi connectivity index (χ4n) is 4.57. The molecule has 0 fully saturated rings. The van der Waals surface area contributed by atoms with Crippen LogP contribution in [0.25, 0.3) is 0 Å². The first-order chi connectivity index (χ1) is 15.6. The van der Waals surface area contributed by atoms with Crippen LogP contribution in [0.1, 0.15) is 55.5 Å². The smallest absolute Gasteiger partial charge is 0.291 e. The van der Waals surface area contributed by atoms with E-state index in [-0.39, 0.29) is 17.9 Å². The predicted octanol–water partition coefficient (Wildman–Crippen LogP) is 5.56. The van der Waals surface area contributed by atoms with Crippen LogP contribution in [0.5, 0.6) is 0 Å². The topological polar surface area (TPSA) is 74.1 Å². The summed E-state index contributed by atoms with van der Waals surface area (Å²) in [5, 5.41) is 11.2. The van der Waals surface area contributed by atoms with Crippen molar-refractivity contribution < 1.29 is 9.59 Å². The number of amides is 2. The average Bonchev–Trinajstić information content (AvgIpc) is 2.82. The Morgan fingerprint density at radius 3 is 2.56 bits per heavy atom. The van der Waals surface area contributed by atoms with Gasteiger partial charge in [0.05, 0.1) is 6.04 Å². The van der Waals surface area contributed by atoms with Crippen LogP contribution in [0.15, 0.2) is 69.9 Å². The van der Waals surface area contributed by atoms with Crippen LogP contribution in [-0.4, -0.2) is 30.9 Å². The minimum Gasteiger partial charge on any atom is -0.372 e. The second-order valence-corrected chi connectivity index (χ2v) is 8.33. The van der Waals surface area contributed by atoms with Gasteiger partial charge in [0.25, 0.3) is 11.8 Å². The van der Waals surface area contributed by atoms with Crippen LogP contribution in [-0.2, 0) is 11.2 Å². The monoisotopic (exact) mass is 430 g/mol. The zero-order valence-corrected chi connectivity index (χ0v) is 18.8. The van der Waals surface area contributed by atoms with E-state index in [1.165, 1.54) is 0 Å². The number of carbonyl (C=O) groups excluding carboxylic acids is 2. The number of nitrogens with zero attached hydrogens (tertiary/aromatic N) is 3.